The average molecular weight is 972 g/mol. The smallest absolute Gasteiger partial charge is 0.0920 e. The molecule has 0 spiro atoms. The summed E-state index contributed by atoms with van der Waals surface area (Å²) in [6, 6.07) is 49.1. The van der Waals surface area contributed by atoms with Crippen LogP contribution >= 0.6 is 17.0 Å². The molecule has 0 aromatic heterocycles. The van der Waals surface area contributed by atoms with E-state index in [1.54, 1.807) is 36.4 Å². The van der Waals surface area contributed by atoms with Crippen molar-refractivity contribution in [2.75, 3.05) is 0 Å². The summed E-state index contributed by atoms with van der Waals surface area (Å²) >= 11 is -0.826. The zero-order chi connectivity index (χ0) is 44.3. The Morgan fingerprint density at radius 1 is 0.532 bits per heavy atom. The number of unbranched alkanes of at least 4 members (excludes halogenated alkanes) is 2. The largest absolute Gasteiger partial charge is 0.184 e. The van der Waals surface area contributed by atoms with Crippen molar-refractivity contribution in [2.24, 2.45) is 0 Å². The Bertz CT molecular complexity index is 2510. The first kappa shape index (κ1) is 47.3. The number of hydrogen-bond acceptors (Lipinski definition) is 0. The molecule has 0 bridgehead atoms. The van der Waals surface area contributed by atoms with Gasteiger partial charge in [-0.1, -0.05) is 134 Å². The van der Waals surface area contributed by atoms with Crippen molar-refractivity contribution in [3.63, 3.8) is 0 Å². The molecule has 0 nitrogen and oxygen atoms in total. The Balaban J connectivity index is 0.000000155. The third-order valence-electron chi connectivity index (χ3n) is 10.6. The number of halogens is 8. The van der Waals surface area contributed by atoms with Gasteiger partial charge in [-0.3, -0.25) is 0 Å². The number of benzene rings is 6. The van der Waals surface area contributed by atoms with Gasteiger partial charge in [-0.05, 0) is 36.1 Å². The van der Waals surface area contributed by atoms with Crippen molar-refractivity contribution in [3.8, 4) is 33.4 Å². The zero-order valence-corrected chi connectivity index (χ0v) is 39.2. The van der Waals surface area contributed by atoms with E-state index in [0.717, 1.165) is 81.7 Å². The summed E-state index contributed by atoms with van der Waals surface area (Å²) in [4.78, 5) is 0. The Labute approximate surface area is 381 Å². The van der Waals surface area contributed by atoms with Crippen LogP contribution in [0.3, 0.4) is 0 Å². The fourth-order valence-electron chi connectivity index (χ4n) is 7.77. The first-order chi connectivity index (χ1) is 29.9. The van der Waals surface area contributed by atoms with Gasteiger partial charge in [0.1, 0.15) is 0 Å². The number of fused-ring (bicyclic) bond motifs is 5. The van der Waals surface area contributed by atoms with Gasteiger partial charge in [0.15, 0.2) is 0 Å². The maximum Gasteiger partial charge on any atom is 0.0920 e. The summed E-state index contributed by atoms with van der Waals surface area (Å²) in [6.07, 6.45) is -2.39. The monoisotopic (exact) mass is 969 g/mol. The van der Waals surface area contributed by atoms with Gasteiger partial charge in [0.25, 0.3) is 0 Å². The van der Waals surface area contributed by atoms with Crippen molar-refractivity contribution in [2.45, 2.75) is 64.7 Å². The average Bonchev–Trinajstić information content (AvgIpc) is 4.00. The number of aryl methyl sites for hydroxylation is 2. The molecule has 0 atom stereocenters. The third-order valence-corrected chi connectivity index (χ3v) is 12.0. The van der Waals surface area contributed by atoms with Gasteiger partial charge < -0.3 is 0 Å². The molecule has 1 heterocycles. The predicted octanol–water partition coefficient (Wildman–Crippen LogP) is 15.7. The molecule has 2 radical (unpaired) electrons. The fraction of sp³-hybridized carbons (Fsp3) is 0.192. The van der Waals surface area contributed by atoms with E-state index >= 15 is 0 Å². The maximum absolute atomic E-state index is 13.3. The van der Waals surface area contributed by atoms with Crippen LogP contribution in [0.2, 0.25) is 0 Å². The standard InChI is InChI=1S/2C20H18F3.C12H7Si.2ClH.Zr/c2*1-2-3-7-14-12-15-8-6-10-16(18(15)13-14)17-9-4-5-11-19(17)20(21,22)23;1-3-7-11-9(5-1)10-6-2-4-8-12(10)13-11;;;/h2*4-6,8-13H,2-3,7H2,1H3;1-7H;2*1H;/q3*-1;;;+2/p-2. The van der Waals surface area contributed by atoms with E-state index in [-0.39, 0.29) is 11.1 Å². The van der Waals surface area contributed by atoms with Crippen LogP contribution in [-0.2, 0) is 46.0 Å². The molecule has 0 N–H and O–H groups in total. The van der Waals surface area contributed by atoms with Crippen molar-refractivity contribution in [1.82, 2.24) is 0 Å². The zero-order valence-electron chi connectivity index (χ0n) is 34.2. The summed E-state index contributed by atoms with van der Waals surface area (Å²) in [6.45, 7) is 4.27. The number of alkyl halides is 6. The van der Waals surface area contributed by atoms with Crippen LogP contribution in [0, 0.1) is 6.07 Å². The van der Waals surface area contributed by atoms with Crippen LogP contribution in [0.1, 0.15) is 61.8 Å². The Morgan fingerprint density at radius 3 is 1.42 bits per heavy atom. The molecule has 62 heavy (non-hydrogen) atoms. The number of hydrogen-bond donors (Lipinski definition) is 0. The second kappa shape index (κ2) is 21.9. The molecule has 8 aromatic carbocycles. The summed E-state index contributed by atoms with van der Waals surface area (Å²) < 4.78 is 79.8. The van der Waals surface area contributed by atoms with Crippen LogP contribution in [0.25, 0.3) is 54.9 Å². The van der Waals surface area contributed by atoms with Gasteiger partial charge in [-0.25, -0.2) is 0 Å². The molecule has 318 valence electrons. The second-order valence-corrected chi connectivity index (χ2v) is 19.9. The first-order valence-corrected chi connectivity index (χ1v) is 27.7. The van der Waals surface area contributed by atoms with Crippen LogP contribution in [0.15, 0.2) is 152 Å². The van der Waals surface area contributed by atoms with Crippen LogP contribution < -0.4 is 10.4 Å². The van der Waals surface area contributed by atoms with Gasteiger partial charge in [-0.2, -0.15) is 67.9 Å². The Kier molecular flexibility index (Phi) is 16.7. The molecule has 0 saturated carbocycles. The molecule has 10 heteroatoms. The van der Waals surface area contributed by atoms with Crippen molar-refractivity contribution >= 4 is 58.5 Å². The van der Waals surface area contributed by atoms with Gasteiger partial charge in [0.2, 0.25) is 0 Å². The van der Waals surface area contributed by atoms with Gasteiger partial charge in [0, 0.05) is 0 Å². The molecule has 0 amide bonds. The first-order valence-electron chi connectivity index (χ1n) is 20.4. The van der Waals surface area contributed by atoms with Crippen molar-refractivity contribution < 1.29 is 47.2 Å². The minimum Gasteiger partial charge on any atom is -0.184 e. The van der Waals surface area contributed by atoms with E-state index in [2.05, 4.69) is 68.4 Å². The van der Waals surface area contributed by atoms with Gasteiger partial charge in [0.05, 0.1) is 20.6 Å². The Hall–Kier alpha value is -4.20. The molecule has 1 aliphatic heterocycles. The molecule has 1 aliphatic rings. The quantitative estimate of drug-likeness (QED) is 0.0809. The summed E-state index contributed by atoms with van der Waals surface area (Å²) in [5.74, 6) is 0. The van der Waals surface area contributed by atoms with Crippen molar-refractivity contribution in [1.29, 1.82) is 0 Å². The maximum atomic E-state index is 13.3. The van der Waals surface area contributed by atoms with E-state index in [0.29, 0.717) is 11.1 Å². The van der Waals surface area contributed by atoms with Crippen LogP contribution in [0.4, 0.5) is 26.3 Å². The summed E-state index contributed by atoms with van der Waals surface area (Å²) in [7, 11) is 10.7. The van der Waals surface area contributed by atoms with Gasteiger partial charge in [-0.15, -0.1) is 74.6 Å². The van der Waals surface area contributed by atoms with Crippen LogP contribution in [-0.4, -0.2) is 9.52 Å². The molecule has 0 unspecified atom stereocenters. The molecule has 8 aromatic rings. The fourth-order valence-corrected chi connectivity index (χ4v) is 9.08. The normalized spacial score (nSPS) is 11.7. The van der Waals surface area contributed by atoms with E-state index in [1.807, 2.05) is 42.5 Å². The predicted molar refractivity (Wildman–Crippen MR) is 245 cm³/mol. The Morgan fingerprint density at radius 2 is 0.952 bits per heavy atom. The van der Waals surface area contributed by atoms with Crippen molar-refractivity contribution in [3.05, 3.63) is 180 Å². The third kappa shape index (κ3) is 11.7. The van der Waals surface area contributed by atoms with E-state index in [4.69, 9.17) is 17.0 Å². The molecule has 0 aliphatic carbocycles. The summed E-state index contributed by atoms with van der Waals surface area (Å²) in [5, 5.41) is 6.63. The number of rotatable bonds is 8. The molecular weight excluding hydrogens is 929 g/mol. The molecule has 0 saturated heterocycles. The van der Waals surface area contributed by atoms with Gasteiger partial charge >= 0.3 is 50.2 Å². The van der Waals surface area contributed by atoms with E-state index < -0.39 is 44.3 Å². The summed E-state index contributed by atoms with van der Waals surface area (Å²) in [5.41, 5.74) is 5.79. The SMILES string of the molecule is CCCCc1cc2c(-c3ccccc3C(F)(F)F)cccc2[cH-]1.CCCCc1cc2c(-c3ccccc3C(F)(F)F)cccc2[cH-]1.[Cl][Zr][Cl].[c-]1cccc2c1[Si]c1ccccc1-2. The minimum absolute atomic E-state index is 0.248. The molecule has 0 fully saturated rings. The molecular formula is C52H43Cl2F6SiZr-3. The second-order valence-electron chi connectivity index (χ2n) is 14.8. The van der Waals surface area contributed by atoms with Crippen LogP contribution in [0.5, 0.6) is 0 Å². The topological polar surface area (TPSA) is 0 Å². The van der Waals surface area contributed by atoms with E-state index in [9.17, 15) is 26.3 Å². The molecule has 9 rings (SSSR count). The minimum atomic E-state index is -4.35. The van der Waals surface area contributed by atoms with E-state index in [1.165, 1.54) is 44.8 Å².